The van der Waals surface area contributed by atoms with Crippen molar-refractivity contribution in [2.24, 2.45) is 34.5 Å². The van der Waals surface area contributed by atoms with Crippen LogP contribution in [0.2, 0.25) is 0 Å². The van der Waals surface area contributed by atoms with E-state index >= 15 is 0 Å². The summed E-state index contributed by atoms with van der Waals surface area (Å²) in [5.41, 5.74) is 1.90. The molecule has 6 atom stereocenters. The molecule has 2 nitrogen and oxygen atoms in total. The van der Waals surface area contributed by atoms with Crippen molar-refractivity contribution in [1.29, 1.82) is 0 Å². The van der Waals surface area contributed by atoms with Crippen molar-refractivity contribution in [1.82, 2.24) is 0 Å². The summed E-state index contributed by atoms with van der Waals surface area (Å²) in [5, 5.41) is 0.515. The van der Waals surface area contributed by atoms with Gasteiger partial charge in [0.05, 0.1) is 5.33 Å². The van der Waals surface area contributed by atoms with Crippen LogP contribution in [-0.4, -0.2) is 16.9 Å². The van der Waals surface area contributed by atoms with E-state index in [0.717, 1.165) is 37.5 Å². The molecule has 24 heavy (non-hydrogen) atoms. The van der Waals surface area contributed by atoms with Crippen molar-refractivity contribution in [2.45, 2.75) is 65.2 Å². The third kappa shape index (κ3) is 2.26. The highest BCUT2D eigenvalue weighted by atomic mass is 79.9. The van der Waals surface area contributed by atoms with Crippen LogP contribution in [0.1, 0.15) is 65.2 Å². The van der Waals surface area contributed by atoms with E-state index in [2.05, 4.69) is 29.8 Å². The molecular formula is C21H29BrO2. The highest BCUT2D eigenvalue weighted by Gasteiger charge is 2.59. The van der Waals surface area contributed by atoms with E-state index in [1.807, 2.05) is 6.08 Å². The van der Waals surface area contributed by atoms with Gasteiger partial charge < -0.3 is 0 Å². The molecule has 0 radical (unpaired) electrons. The second-order valence-corrected chi connectivity index (χ2v) is 9.80. The Hall–Kier alpha value is -0.440. The summed E-state index contributed by atoms with van der Waals surface area (Å²) in [6.07, 6.45) is 10.9. The van der Waals surface area contributed by atoms with Crippen LogP contribution in [-0.2, 0) is 9.59 Å². The Labute approximate surface area is 154 Å². The number of halogens is 1. The molecule has 0 heterocycles. The van der Waals surface area contributed by atoms with Crippen LogP contribution >= 0.6 is 15.9 Å². The molecule has 3 fully saturated rings. The monoisotopic (exact) mass is 392 g/mol. The molecule has 0 spiro atoms. The normalized spacial score (nSPS) is 47.5. The van der Waals surface area contributed by atoms with E-state index in [0.29, 0.717) is 22.8 Å². The molecule has 4 aliphatic rings. The van der Waals surface area contributed by atoms with Gasteiger partial charge in [-0.3, -0.25) is 9.59 Å². The fraction of sp³-hybridized carbons (Fsp3) is 0.810. The maximum absolute atomic E-state index is 12.5. The zero-order valence-corrected chi connectivity index (χ0v) is 16.5. The molecule has 4 rings (SSSR count). The maximum atomic E-state index is 12.5. The van der Waals surface area contributed by atoms with Gasteiger partial charge in [-0.1, -0.05) is 35.4 Å². The zero-order valence-electron chi connectivity index (χ0n) is 14.9. The average Bonchev–Trinajstić information content (AvgIpc) is 2.92. The highest BCUT2D eigenvalue weighted by Crippen LogP contribution is 2.66. The number of hydrogen-bond donors (Lipinski definition) is 0. The van der Waals surface area contributed by atoms with Gasteiger partial charge in [-0.25, -0.2) is 0 Å². The Bertz CT molecular complexity index is 609. The van der Waals surface area contributed by atoms with Crippen LogP contribution in [0.15, 0.2) is 11.6 Å². The Morgan fingerprint density at radius 1 is 1.12 bits per heavy atom. The molecule has 0 aliphatic heterocycles. The van der Waals surface area contributed by atoms with Gasteiger partial charge in [0.2, 0.25) is 0 Å². The lowest BCUT2D eigenvalue weighted by Crippen LogP contribution is -2.51. The van der Waals surface area contributed by atoms with Crippen LogP contribution in [0, 0.1) is 34.5 Å². The van der Waals surface area contributed by atoms with Gasteiger partial charge >= 0.3 is 0 Å². The number of carbonyl (C=O) groups excluding carboxylic acids is 2. The Balaban J connectivity index is 1.65. The first-order chi connectivity index (χ1) is 11.4. The van der Waals surface area contributed by atoms with Gasteiger partial charge in [0.25, 0.3) is 0 Å². The minimum atomic E-state index is 0.216. The van der Waals surface area contributed by atoms with Crippen molar-refractivity contribution < 1.29 is 9.59 Å². The van der Waals surface area contributed by atoms with Crippen molar-refractivity contribution in [2.75, 3.05) is 5.33 Å². The van der Waals surface area contributed by atoms with Gasteiger partial charge in [-0.15, -0.1) is 0 Å². The molecule has 0 saturated heterocycles. The van der Waals surface area contributed by atoms with E-state index in [-0.39, 0.29) is 16.7 Å². The van der Waals surface area contributed by atoms with Crippen molar-refractivity contribution >= 4 is 27.5 Å². The minimum Gasteiger partial charge on any atom is -0.298 e. The van der Waals surface area contributed by atoms with Gasteiger partial charge in [-0.2, -0.15) is 0 Å². The summed E-state index contributed by atoms with van der Waals surface area (Å²) in [6, 6.07) is 0. The fourth-order valence-electron chi connectivity index (χ4n) is 7.18. The molecule has 0 amide bonds. The molecule has 3 heteroatoms. The summed E-state index contributed by atoms with van der Waals surface area (Å²) < 4.78 is 0. The number of hydrogen-bond acceptors (Lipinski definition) is 2. The van der Waals surface area contributed by atoms with Crippen LogP contribution < -0.4 is 0 Å². The van der Waals surface area contributed by atoms with Crippen LogP contribution in [0.5, 0.6) is 0 Å². The molecule has 3 saturated carbocycles. The molecule has 0 bridgehead atoms. The fourth-order valence-corrected chi connectivity index (χ4v) is 7.57. The van der Waals surface area contributed by atoms with Gasteiger partial charge in [0.15, 0.2) is 5.78 Å². The smallest absolute Gasteiger partial charge is 0.155 e. The first-order valence-corrected chi connectivity index (χ1v) is 10.8. The summed E-state index contributed by atoms with van der Waals surface area (Å²) in [5.74, 6) is 3.21. The van der Waals surface area contributed by atoms with Crippen molar-refractivity contribution in [3.63, 3.8) is 0 Å². The molecule has 0 aromatic heterocycles. The van der Waals surface area contributed by atoms with Crippen LogP contribution in [0.3, 0.4) is 0 Å². The second-order valence-electron chi connectivity index (χ2n) is 9.24. The summed E-state index contributed by atoms with van der Waals surface area (Å²) >= 11 is 3.41. The molecule has 0 aromatic rings. The minimum absolute atomic E-state index is 0.216. The number of Topliss-reactive ketones (excluding diaryl/α,β-unsaturated/α-hetero) is 1. The van der Waals surface area contributed by atoms with Crippen LogP contribution in [0.25, 0.3) is 0 Å². The molecule has 0 unspecified atom stereocenters. The van der Waals surface area contributed by atoms with E-state index in [1.165, 1.54) is 31.3 Å². The molecule has 0 N–H and O–H groups in total. The SMILES string of the molecule is C[C@]12CC[C@H]3[C@@H](CCC4=CC(=O)CC[C@@]43C)[C@@H]1CC[C@@H]2C(=O)CBr. The predicted molar refractivity (Wildman–Crippen MR) is 99.0 cm³/mol. The van der Waals surface area contributed by atoms with Crippen molar-refractivity contribution in [3.8, 4) is 0 Å². The number of rotatable bonds is 2. The third-order valence-electron chi connectivity index (χ3n) is 8.48. The van der Waals surface area contributed by atoms with Crippen LogP contribution in [0.4, 0.5) is 0 Å². The number of allylic oxidation sites excluding steroid dienone is 1. The lowest BCUT2D eigenvalue weighted by molar-refractivity contribution is -0.128. The molecule has 132 valence electrons. The molecular weight excluding hydrogens is 364 g/mol. The maximum Gasteiger partial charge on any atom is 0.155 e. The number of ketones is 2. The summed E-state index contributed by atoms with van der Waals surface area (Å²) in [6.45, 7) is 4.84. The summed E-state index contributed by atoms with van der Waals surface area (Å²) in [7, 11) is 0. The molecule has 4 aliphatic carbocycles. The number of alkyl halides is 1. The second kappa shape index (κ2) is 5.79. The first-order valence-electron chi connectivity index (χ1n) is 9.72. The Morgan fingerprint density at radius 2 is 1.92 bits per heavy atom. The van der Waals surface area contributed by atoms with Crippen molar-refractivity contribution in [3.05, 3.63) is 11.6 Å². The predicted octanol–water partition coefficient (Wildman–Crippen LogP) is 5.10. The first kappa shape index (κ1) is 17.0. The Morgan fingerprint density at radius 3 is 2.67 bits per heavy atom. The van der Waals surface area contributed by atoms with Gasteiger partial charge in [0, 0.05) is 12.3 Å². The quantitative estimate of drug-likeness (QED) is 0.612. The van der Waals surface area contributed by atoms with E-state index in [4.69, 9.17) is 0 Å². The van der Waals surface area contributed by atoms with E-state index < -0.39 is 0 Å². The van der Waals surface area contributed by atoms with E-state index in [9.17, 15) is 9.59 Å². The number of carbonyl (C=O) groups is 2. The lowest BCUT2D eigenvalue weighted by Gasteiger charge is -2.58. The average molecular weight is 393 g/mol. The van der Waals surface area contributed by atoms with E-state index in [1.54, 1.807) is 0 Å². The summed E-state index contributed by atoms with van der Waals surface area (Å²) in [4.78, 5) is 24.4. The highest BCUT2D eigenvalue weighted by molar-refractivity contribution is 9.09. The van der Waals surface area contributed by atoms with Gasteiger partial charge in [0.1, 0.15) is 5.78 Å². The largest absolute Gasteiger partial charge is 0.298 e. The topological polar surface area (TPSA) is 34.1 Å². The van der Waals surface area contributed by atoms with Gasteiger partial charge in [-0.05, 0) is 79.6 Å². The zero-order chi connectivity index (χ0) is 17.1. The molecule has 0 aromatic carbocycles. The third-order valence-corrected chi connectivity index (χ3v) is 9.04. The number of fused-ring (bicyclic) bond motifs is 5. The Kier molecular flexibility index (Phi) is 4.10. The standard InChI is InChI=1S/C21H29BrO2/c1-20-9-7-14(23)11-13(20)3-4-15-16-5-6-18(19(24)12-22)21(16,2)10-8-17(15)20/h11,15-18H,3-10,12H2,1-2H3/t15-,16-,17-,18+,20-,21-/m0/s1. The lowest BCUT2D eigenvalue weighted by atomic mass is 9.47.